The topological polar surface area (TPSA) is 43.1 Å². The number of rotatable bonds is 1. The van der Waals surface area contributed by atoms with Gasteiger partial charge in [-0.05, 0) is 5.41 Å². The predicted octanol–water partition coefficient (Wildman–Crippen LogP) is 1.28. The van der Waals surface area contributed by atoms with Gasteiger partial charge in [-0.1, -0.05) is 36.7 Å². The van der Waals surface area contributed by atoms with Crippen molar-refractivity contribution >= 4 is 21.8 Å². The molecule has 2 nitrogen and oxygen atoms in total. The maximum atomic E-state index is 10.5. The van der Waals surface area contributed by atoms with Crippen LogP contribution in [0.5, 0.6) is 0 Å². The molecule has 0 aromatic rings. The quantitative estimate of drug-likeness (QED) is 0.627. The molecule has 0 aliphatic carbocycles. The first kappa shape index (κ1) is 8.95. The summed E-state index contributed by atoms with van der Waals surface area (Å²) in [5, 5.41) is 0. The zero-order valence-electron chi connectivity index (χ0n) is 5.94. The summed E-state index contributed by atoms with van der Waals surface area (Å²) in [4.78, 5) is 10.3. The van der Waals surface area contributed by atoms with E-state index in [0.717, 1.165) is 0 Å². The number of amides is 1. The molecule has 0 spiro atoms. The molecular weight excluding hydrogens is 182 g/mol. The molecule has 0 fully saturated rings. The summed E-state index contributed by atoms with van der Waals surface area (Å²) in [5.74, 6) is -0.303. The fraction of sp³-hybridized carbons (Fsp3) is 0.833. The minimum Gasteiger partial charge on any atom is -0.369 e. The number of primary amides is 1. The first-order valence-electron chi connectivity index (χ1n) is 2.79. The molecule has 0 aromatic carbocycles. The Morgan fingerprint density at radius 1 is 1.56 bits per heavy atom. The van der Waals surface area contributed by atoms with E-state index in [0.29, 0.717) is 0 Å². The van der Waals surface area contributed by atoms with Crippen LogP contribution in [0, 0.1) is 5.41 Å². The van der Waals surface area contributed by atoms with Crippen LogP contribution in [-0.4, -0.2) is 10.7 Å². The van der Waals surface area contributed by atoms with Gasteiger partial charge in [0.2, 0.25) is 5.91 Å². The Bertz CT molecular complexity index is 117. The molecule has 0 saturated carbocycles. The van der Waals surface area contributed by atoms with Crippen molar-refractivity contribution in [3.05, 3.63) is 0 Å². The maximum Gasteiger partial charge on any atom is 0.231 e. The van der Waals surface area contributed by atoms with Gasteiger partial charge in [-0.25, -0.2) is 0 Å². The average Bonchev–Trinajstić information content (AvgIpc) is 1.62. The molecule has 2 N–H and O–H groups in total. The molecule has 0 aliphatic heterocycles. The molecule has 1 atom stereocenters. The second kappa shape index (κ2) is 2.69. The third-order valence-electron chi connectivity index (χ3n) is 1.01. The second-order valence-electron chi connectivity index (χ2n) is 3.13. The Hall–Kier alpha value is -0.0500. The van der Waals surface area contributed by atoms with E-state index in [1.54, 1.807) is 0 Å². The molecule has 0 heterocycles. The van der Waals surface area contributed by atoms with Crippen molar-refractivity contribution in [1.82, 2.24) is 0 Å². The Balaban J connectivity index is 4.04. The monoisotopic (exact) mass is 193 g/mol. The van der Waals surface area contributed by atoms with Crippen molar-refractivity contribution in [2.75, 3.05) is 0 Å². The molecule has 9 heavy (non-hydrogen) atoms. The van der Waals surface area contributed by atoms with Gasteiger partial charge < -0.3 is 5.73 Å². The minimum atomic E-state index is -0.303. The molecular formula is C6H12BrNO. The van der Waals surface area contributed by atoms with Crippen LogP contribution in [0.25, 0.3) is 0 Å². The average molecular weight is 194 g/mol. The van der Waals surface area contributed by atoms with Crippen LogP contribution >= 0.6 is 15.9 Å². The van der Waals surface area contributed by atoms with Crippen molar-refractivity contribution in [2.45, 2.75) is 25.6 Å². The number of halogens is 1. The van der Waals surface area contributed by atoms with E-state index in [1.165, 1.54) is 0 Å². The number of hydrogen-bond donors (Lipinski definition) is 1. The van der Waals surface area contributed by atoms with Gasteiger partial charge >= 0.3 is 0 Å². The van der Waals surface area contributed by atoms with Crippen LogP contribution in [0.4, 0.5) is 0 Å². The number of hydrogen-bond acceptors (Lipinski definition) is 1. The van der Waals surface area contributed by atoms with Gasteiger partial charge in [-0.3, -0.25) is 4.79 Å². The summed E-state index contributed by atoms with van der Waals surface area (Å²) in [7, 11) is 0. The Kier molecular flexibility index (Phi) is 2.67. The number of carbonyl (C=O) groups excluding carboxylic acids is 1. The van der Waals surface area contributed by atoms with Gasteiger partial charge in [0.15, 0.2) is 0 Å². The normalized spacial score (nSPS) is 15.1. The van der Waals surface area contributed by atoms with Crippen LogP contribution in [0.1, 0.15) is 20.8 Å². The minimum absolute atomic E-state index is 0.0775. The first-order valence-corrected chi connectivity index (χ1v) is 3.70. The number of carbonyl (C=O) groups is 1. The van der Waals surface area contributed by atoms with Crippen molar-refractivity contribution < 1.29 is 4.79 Å². The highest BCUT2D eigenvalue weighted by Crippen LogP contribution is 2.25. The largest absolute Gasteiger partial charge is 0.369 e. The van der Waals surface area contributed by atoms with Crippen LogP contribution in [0.2, 0.25) is 0 Å². The smallest absolute Gasteiger partial charge is 0.231 e. The molecule has 0 rings (SSSR count). The summed E-state index contributed by atoms with van der Waals surface area (Å²) in [6.07, 6.45) is 0. The molecule has 0 radical (unpaired) electrons. The summed E-state index contributed by atoms with van der Waals surface area (Å²) in [6, 6.07) is 0. The summed E-state index contributed by atoms with van der Waals surface area (Å²) in [6.45, 7) is 5.87. The Morgan fingerprint density at radius 3 is 1.89 bits per heavy atom. The van der Waals surface area contributed by atoms with Gasteiger partial charge in [0.05, 0.1) is 4.83 Å². The van der Waals surface area contributed by atoms with Crippen LogP contribution in [-0.2, 0) is 4.79 Å². The third-order valence-corrected chi connectivity index (χ3v) is 2.83. The summed E-state index contributed by atoms with van der Waals surface area (Å²) in [5.41, 5.74) is 4.96. The lowest BCUT2D eigenvalue weighted by Gasteiger charge is -2.21. The lowest BCUT2D eigenvalue weighted by molar-refractivity contribution is -0.118. The van der Waals surface area contributed by atoms with E-state index in [2.05, 4.69) is 15.9 Å². The van der Waals surface area contributed by atoms with Gasteiger partial charge in [0, 0.05) is 0 Å². The molecule has 0 aromatic heterocycles. The van der Waals surface area contributed by atoms with E-state index in [4.69, 9.17) is 5.73 Å². The molecule has 1 amide bonds. The van der Waals surface area contributed by atoms with Gasteiger partial charge in [-0.15, -0.1) is 0 Å². The third kappa shape index (κ3) is 2.84. The van der Waals surface area contributed by atoms with Crippen molar-refractivity contribution in [1.29, 1.82) is 0 Å². The molecule has 0 bridgehead atoms. The van der Waals surface area contributed by atoms with Crippen LogP contribution in [0.3, 0.4) is 0 Å². The highest BCUT2D eigenvalue weighted by atomic mass is 79.9. The van der Waals surface area contributed by atoms with E-state index in [9.17, 15) is 4.79 Å². The second-order valence-corrected chi connectivity index (χ2v) is 4.05. The standard InChI is InChI=1S/C6H12BrNO/c1-6(2,3)4(7)5(8)9/h4H,1-3H3,(H2,8,9)/t4-/m1/s1. The van der Waals surface area contributed by atoms with Gasteiger partial charge in [-0.2, -0.15) is 0 Å². The molecule has 54 valence electrons. The fourth-order valence-corrected chi connectivity index (χ4v) is 0.427. The van der Waals surface area contributed by atoms with E-state index in [1.807, 2.05) is 20.8 Å². The Morgan fingerprint density at radius 2 is 1.89 bits per heavy atom. The van der Waals surface area contributed by atoms with Gasteiger partial charge in [0.25, 0.3) is 0 Å². The van der Waals surface area contributed by atoms with E-state index >= 15 is 0 Å². The molecule has 0 unspecified atom stereocenters. The van der Waals surface area contributed by atoms with Crippen molar-refractivity contribution in [3.8, 4) is 0 Å². The van der Waals surface area contributed by atoms with Gasteiger partial charge in [0.1, 0.15) is 0 Å². The lowest BCUT2D eigenvalue weighted by Crippen LogP contribution is -2.34. The van der Waals surface area contributed by atoms with Crippen molar-refractivity contribution in [2.24, 2.45) is 11.1 Å². The van der Waals surface area contributed by atoms with Crippen LogP contribution < -0.4 is 5.73 Å². The highest BCUT2D eigenvalue weighted by Gasteiger charge is 2.26. The van der Waals surface area contributed by atoms with Crippen molar-refractivity contribution in [3.63, 3.8) is 0 Å². The van der Waals surface area contributed by atoms with E-state index in [-0.39, 0.29) is 16.1 Å². The zero-order chi connectivity index (χ0) is 7.65. The SMILES string of the molecule is CC(C)(C)[C@H](Br)C(N)=O. The first-order chi connectivity index (χ1) is 3.85. The van der Waals surface area contributed by atoms with Crippen LogP contribution in [0.15, 0.2) is 0 Å². The Labute approximate surface area is 63.9 Å². The zero-order valence-corrected chi connectivity index (χ0v) is 7.53. The molecule has 0 saturated heterocycles. The summed E-state index contributed by atoms with van der Waals surface area (Å²) >= 11 is 3.19. The molecule has 0 aliphatic rings. The molecule has 3 heteroatoms. The lowest BCUT2D eigenvalue weighted by atomic mass is 9.92. The maximum absolute atomic E-state index is 10.5. The number of nitrogens with two attached hydrogens (primary N) is 1. The fourth-order valence-electron chi connectivity index (χ4n) is 0.427. The summed E-state index contributed by atoms with van der Waals surface area (Å²) < 4.78 is 0. The predicted molar refractivity (Wildman–Crippen MR) is 41.4 cm³/mol. The van der Waals surface area contributed by atoms with E-state index < -0.39 is 0 Å². The number of alkyl halides is 1. The highest BCUT2D eigenvalue weighted by molar-refractivity contribution is 9.10.